The van der Waals surface area contributed by atoms with Crippen LogP contribution in [0.4, 0.5) is 0 Å². The predicted octanol–water partition coefficient (Wildman–Crippen LogP) is 2.70. The molecule has 1 aliphatic carbocycles. The van der Waals surface area contributed by atoms with E-state index in [2.05, 4.69) is 22.2 Å². The van der Waals surface area contributed by atoms with E-state index in [-0.39, 0.29) is 5.25 Å². The van der Waals surface area contributed by atoms with Gasteiger partial charge in [0.15, 0.2) is 0 Å². The van der Waals surface area contributed by atoms with Crippen molar-refractivity contribution < 1.29 is 4.79 Å². The van der Waals surface area contributed by atoms with Crippen molar-refractivity contribution in [3.05, 3.63) is 16.1 Å². The maximum atomic E-state index is 12.2. The average Bonchev–Trinajstić information content (AvgIpc) is 3.00. The first-order chi connectivity index (χ1) is 8.78. The van der Waals surface area contributed by atoms with Gasteiger partial charge in [-0.2, -0.15) is 0 Å². The lowest BCUT2D eigenvalue weighted by atomic mass is 10.4. The molecule has 1 aromatic heterocycles. The van der Waals surface area contributed by atoms with Gasteiger partial charge < -0.3 is 4.90 Å². The van der Waals surface area contributed by atoms with E-state index >= 15 is 0 Å². The van der Waals surface area contributed by atoms with E-state index in [0.29, 0.717) is 11.9 Å². The predicted molar refractivity (Wildman–Crippen MR) is 75.9 cm³/mol. The molecule has 1 atom stereocenters. The van der Waals surface area contributed by atoms with Crippen LogP contribution in [0, 0.1) is 0 Å². The molecule has 3 nitrogen and oxygen atoms in total. The Labute approximate surface area is 116 Å². The smallest absolute Gasteiger partial charge is 0.236 e. The number of hydrogen-bond acceptors (Lipinski definition) is 4. The average molecular weight is 282 g/mol. The molecular weight excluding hydrogens is 264 g/mol. The van der Waals surface area contributed by atoms with Crippen molar-refractivity contribution in [1.82, 2.24) is 9.88 Å². The molecule has 1 saturated heterocycles. The first kappa shape index (κ1) is 12.5. The molecule has 2 aliphatic rings. The van der Waals surface area contributed by atoms with Gasteiger partial charge in [0.2, 0.25) is 5.91 Å². The van der Waals surface area contributed by atoms with Crippen LogP contribution in [0.3, 0.4) is 0 Å². The molecule has 18 heavy (non-hydrogen) atoms. The Morgan fingerprint density at radius 3 is 3.00 bits per heavy atom. The van der Waals surface area contributed by atoms with Gasteiger partial charge in [-0.3, -0.25) is 4.79 Å². The second-order valence-electron chi connectivity index (χ2n) is 4.94. The van der Waals surface area contributed by atoms with Gasteiger partial charge in [0.25, 0.3) is 0 Å². The SMILES string of the molecule is CCc1nc(CSC2CCN(C3CC3)C2=O)cs1. The summed E-state index contributed by atoms with van der Waals surface area (Å²) in [5.41, 5.74) is 1.14. The first-order valence-electron chi connectivity index (χ1n) is 6.63. The van der Waals surface area contributed by atoms with Crippen LogP contribution in [0.15, 0.2) is 5.38 Å². The van der Waals surface area contributed by atoms with Gasteiger partial charge in [-0.15, -0.1) is 23.1 Å². The minimum absolute atomic E-state index is 0.178. The minimum atomic E-state index is 0.178. The Kier molecular flexibility index (Phi) is 3.61. The number of likely N-dealkylation sites (tertiary alicyclic amines) is 1. The number of thiazole rings is 1. The van der Waals surface area contributed by atoms with E-state index in [1.54, 1.807) is 23.1 Å². The summed E-state index contributed by atoms with van der Waals surface area (Å²) in [6.45, 7) is 3.10. The van der Waals surface area contributed by atoms with E-state index < -0.39 is 0 Å². The fraction of sp³-hybridized carbons (Fsp3) is 0.692. The quantitative estimate of drug-likeness (QED) is 0.832. The third-order valence-electron chi connectivity index (χ3n) is 3.51. The maximum absolute atomic E-state index is 12.2. The van der Waals surface area contributed by atoms with Crippen molar-refractivity contribution in [3.8, 4) is 0 Å². The van der Waals surface area contributed by atoms with Gasteiger partial charge in [0, 0.05) is 23.7 Å². The Hall–Kier alpha value is -0.550. The molecule has 0 spiro atoms. The summed E-state index contributed by atoms with van der Waals surface area (Å²) in [6, 6.07) is 0.578. The van der Waals surface area contributed by atoms with E-state index in [0.717, 1.165) is 30.8 Å². The molecule has 0 radical (unpaired) electrons. The van der Waals surface area contributed by atoms with Gasteiger partial charge >= 0.3 is 0 Å². The lowest BCUT2D eigenvalue weighted by Crippen LogP contribution is -2.30. The monoisotopic (exact) mass is 282 g/mol. The fourth-order valence-electron chi connectivity index (χ4n) is 2.34. The van der Waals surface area contributed by atoms with Gasteiger partial charge in [0.1, 0.15) is 0 Å². The van der Waals surface area contributed by atoms with Crippen molar-refractivity contribution in [2.45, 2.75) is 49.7 Å². The van der Waals surface area contributed by atoms with E-state index in [1.165, 1.54) is 17.8 Å². The maximum Gasteiger partial charge on any atom is 0.236 e. The summed E-state index contributed by atoms with van der Waals surface area (Å²) < 4.78 is 0. The van der Waals surface area contributed by atoms with Crippen LogP contribution in [-0.2, 0) is 17.0 Å². The summed E-state index contributed by atoms with van der Waals surface area (Å²) >= 11 is 3.50. The highest BCUT2D eigenvalue weighted by molar-refractivity contribution is 7.99. The zero-order valence-corrected chi connectivity index (χ0v) is 12.2. The largest absolute Gasteiger partial charge is 0.339 e. The summed E-state index contributed by atoms with van der Waals surface area (Å²) in [4.78, 5) is 18.8. The lowest BCUT2D eigenvalue weighted by Gasteiger charge is -2.14. The number of amides is 1. The standard InChI is InChI=1S/C13H18N2OS2/c1-2-12-14-9(8-18-12)7-17-11-5-6-15(13(11)16)10-3-4-10/h8,10-11H,2-7H2,1H3. The highest BCUT2D eigenvalue weighted by atomic mass is 32.2. The molecule has 1 aromatic rings. The van der Waals surface area contributed by atoms with E-state index in [1.807, 2.05) is 0 Å². The number of thioether (sulfide) groups is 1. The molecule has 5 heteroatoms. The van der Waals surface area contributed by atoms with Crippen molar-refractivity contribution >= 4 is 29.0 Å². The molecule has 3 rings (SSSR count). The zero-order chi connectivity index (χ0) is 12.5. The lowest BCUT2D eigenvalue weighted by molar-refractivity contribution is -0.127. The van der Waals surface area contributed by atoms with Gasteiger partial charge in [-0.1, -0.05) is 6.92 Å². The van der Waals surface area contributed by atoms with Crippen LogP contribution >= 0.6 is 23.1 Å². The van der Waals surface area contributed by atoms with Crippen molar-refractivity contribution in [1.29, 1.82) is 0 Å². The van der Waals surface area contributed by atoms with E-state index in [4.69, 9.17) is 0 Å². The second kappa shape index (κ2) is 5.21. The summed E-state index contributed by atoms with van der Waals surface area (Å²) in [5, 5.41) is 3.50. The van der Waals surface area contributed by atoms with Gasteiger partial charge in [0.05, 0.1) is 16.0 Å². The molecule has 0 aromatic carbocycles. The molecule has 1 unspecified atom stereocenters. The fourth-order valence-corrected chi connectivity index (χ4v) is 4.26. The number of aromatic nitrogens is 1. The van der Waals surface area contributed by atoms with Gasteiger partial charge in [-0.25, -0.2) is 4.98 Å². The van der Waals surface area contributed by atoms with Crippen LogP contribution in [-0.4, -0.2) is 33.6 Å². The van der Waals surface area contributed by atoms with Crippen LogP contribution < -0.4 is 0 Å². The highest BCUT2D eigenvalue weighted by Gasteiger charge is 2.40. The van der Waals surface area contributed by atoms with Crippen molar-refractivity contribution in [2.24, 2.45) is 0 Å². The summed E-state index contributed by atoms with van der Waals surface area (Å²) in [7, 11) is 0. The van der Waals surface area contributed by atoms with E-state index in [9.17, 15) is 4.79 Å². The molecule has 0 bridgehead atoms. The van der Waals surface area contributed by atoms with Gasteiger partial charge in [-0.05, 0) is 25.7 Å². The normalized spacial score (nSPS) is 23.9. The molecule has 1 aliphatic heterocycles. The topological polar surface area (TPSA) is 33.2 Å². The number of rotatable bonds is 5. The Balaban J connectivity index is 1.52. The third kappa shape index (κ3) is 2.57. The molecule has 0 N–H and O–H groups in total. The summed E-state index contributed by atoms with van der Waals surface area (Å²) in [6.07, 6.45) is 4.46. The Morgan fingerprint density at radius 1 is 1.50 bits per heavy atom. The van der Waals surface area contributed by atoms with Crippen molar-refractivity contribution in [3.63, 3.8) is 0 Å². The number of hydrogen-bond donors (Lipinski definition) is 0. The number of carbonyl (C=O) groups is 1. The van der Waals surface area contributed by atoms with Crippen LogP contribution in [0.2, 0.25) is 0 Å². The van der Waals surface area contributed by atoms with Crippen LogP contribution in [0.1, 0.15) is 36.9 Å². The number of nitrogens with zero attached hydrogens (tertiary/aromatic N) is 2. The number of carbonyl (C=O) groups excluding carboxylic acids is 1. The molecule has 1 amide bonds. The molecule has 1 saturated carbocycles. The second-order valence-corrected chi connectivity index (χ2v) is 7.07. The Bertz CT molecular complexity index is 442. The minimum Gasteiger partial charge on any atom is -0.339 e. The first-order valence-corrected chi connectivity index (χ1v) is 8.56. The zero-order valence-electron chi connectivity index (χ0n) is 10.6. The van der Waals surface area contributed by atoms with Crippen LogP contribution in [0.25, 0.3) is 0 Å². The molecule has 2 heterocycles. The van der Waals surface area contributed by atoms with Crippen LogP contribution in [0.5, 0.6) is 0 Å². The molecule has 2 fully saturated rings. The number of aryl methyl sites for hydroxylation is 1. The third-order valence-corrected chi connectivity index (χ3v) is 5.86. The molecular formula is C13H18N2OS2. The van der Waals surface area contributed by atoms with Crippen molar-refractivity contribution in [2.75, 3.05) is 6.54 Å². The summed E-state index contributed by atoms with van der Waals surface area (Å²) in [5.74, 6) is 1.25. The Morgan fingerprint density at radius 2 is 2.33 bits per heavy atom. The highest BCUT2D eigenvalue weighted by Crippen LogP contribution is 2.35. The molecule has 98 valence electrons.